The van der Waals surface area contributed by atoms with Gasteiger partial charge in [0.25, 0.3) is 0 Å². The van der Waals surface area contributed by atoms with Gasteiger partial charge in [-0.15, -0.1) is 0 Å². The van der Waals surface area contributed by atoms with Gasteiger partial charge >= 0.3 is 0 Å². The Balaban J connectivity index is 1.78. The van der Waals surface area contributed by atoms with Crippen molar-refractivity contribution in [1.29, 1.82) is 0 Å². The molecule has 2 aromatic carbocycles. The molecule has 1 aliphatic carbocycles. The first kappa shape index (κ1) is 20.4. The summed E-state index contributed by atoms with van der Waals surface area (Å²) >= 11 is 9.76. The summed E-state index contributed by atoms with van der Waals surface area (Å²) in [6.45, 7) is 0.928. The van der Waals surface area contributed by atoms with Gasteiger partial charge in [-0.1, -0.05) is 52.9 Å². The number of rotatable bonds is 7. The van der Waals surface area contributed by atoms with Gasteiger partial charge in [0.05, 0.1) is 12.1 Å². The van der Waals surface area contributed by atoms with E-state index in [9.17, 15) is 4.39 Å². The van der Waals surface area contributed by atoms with Crippen molar-refractivity contribution < 1.29 is 13.9 Å². The number of nitrogens with one attached hydrogen (secondary N) is 1. The number of hydrogen-bond donors (Lipinski definition) is 1. The topological polar surface area (TPSA) is 30.5 Å². The standard InChI is InChI=1S/C21H24BrClFNO2/c1-26-20-10-9-18(22)17(12-25-16-5-3-2-4-6-16)21(20)27-13-14-7-8-15(24)11-19(14)23/h7-11,16,25H,2-6,12-13H2,1H3. The molecule has 0 saturated heterocycles. The van der Waals surface area contributed by atoms with E-state index in [4.69, 9.17) is 21.1 Å². The lowest BCUT2D eigenvalue weighted by molar-refractivity contribution is 0.278. The maximum absolute atomic E-state index is 13.3. The fourth-order valence-corrected chi connectivity index (χ4v) is 4.08. The molecule has 1 aliphatic rings. The summed E-state index contributed by atoms with van der Waals surface area (Å²) in [6, 6.07) is 8.70. The van der Waals surface area contributed by atoms with Crippen molar-refractivity contribution in [2.45, 2.75) is 51.3 Å². The van der Waals surface area contributed by atoms with Crippen LogP contribution in [0, 0.1) is 5.82 Å². The Morgan fingerprint density at radius 1 is 1.19 bits per heavy atom. The third-order valence-electron chi connectivity index (χ3n) is 4.95. The first-order valence-electron chi connectivity index (χ1n) is 9.24. The van der Waals surface area contributed by atoms with Crippen molar-refractivity contribution in [1.82, 2.24) is 5.32 Å². The molecule has 0 aromatic heterocycles. The van der Waals surface area contributed by atoms with Crippen LogP contribution in [-0.2, 0) is 13.2 Å². The molecule has 3 nitrogen and oxygen atoms in total. The summed E-state index contributed by atoms with van der Waals surface area (Å²) in [5, 5.41) is 4.00. The zero-order chi connectivity index (χ0) is 19.2. The zero-order valence-corrected chi connectivity index (χ0v) is 17.7. The highest BCUT2D eigenvalue weighted by atomic mass is 79.9. The molecule has 27 heavy (non-hydrogen) atoms. The van der Waals surface area contributed by atoms with Crippen molar-refractivity contribution in [2.75, 3.05) is 7.11 Å². The van der Waals surface area contributed by atoms with Gasteiger partial charge in [-0.3, -0.25) is 0 Å². The predicted molar refractivity (Wildman–Crippen MR) is 110 cm³/mol. The first-order valence-corrected chi connectivity index (χ1v) is 10.4. The average Bonchev–Trinajstić information content (AvgIpc) is 2.67. The molecule has 0 heterocycles. The molecule has 0 radical (unpaired) electrons. The van der Waals surface area contributed by atoms with Crippen LogP contribution in [0.1, 0.15) is 43.2 Å². The van der Waals surface area contributed by atoms with E-state index in [1.54, 1.807) is 13.2 Å². The smallest absolute Gasteiger partial charge is 0.167 e. The van der Waals surface area contributed by atoms with Crippen LogP contribution in [0.5, 0.6) is 11.5 Å². The Hall–Kier alpha value is -1.30. The Morgan fingerprint density at radius 3 is 2.67 bits per heavy atom. The molecule has 0 bridgehead atoms. The Labute approximate surface area is 173 Å². The van der Waals surface area contributed by atoms with Crippen LogP contribution in [0.15, 0.2) is 34.8 Å². The highest BCUT2D eigenvalue weighted by Gasteiger charge is 2.18. The van der Waals surface area contributed by atoms with Crippen molar-refractivity contribution >= 4 is 27.5 Å². The van der Waals surface area contributed by atoms with Gasteiger partial charge in [0.15, 0.2) is 11.5 Å². The van der Waals surface area contributed by atoms with E-state index >= 15 is 0 Å². The number of methoxy groups -OCH3 is 1. The predicted octanol–water partition coefficient (Wildman–Crippen LogP) is 6.25. The molecule has 0 aliphatic heterocycles. The maximum Gasteiger partial charge on any atom is 0.167 e. The average molecular weight is 457 g/mol. The number of halogens is 3. The van der Waals surface area contributed by atoms with Gasteiger partial charge < -0.3 is 14.8 Å². The van der Waals surface area contributed by atoms with Gasteiger partial charge in [0.1, 0.15) is 12.4 Å². The van der Waals surface area contributed by atoms with Crippen LogP contribution in [0.2, 0.25) is 5.02 Å². The fourth-order valence-electron chi connectivity index (χ4n) is 3.41. The molecule has 1 fully saturated rings. The summed E-state index contributed by atoms with van der Waals surface area (Å²) in [4.78, 5) is 0. The molecule has 0 amide bonds. The minimum absolute atomic E-state index is 0.238. The Morgan fingerprint density at radius 2 is 1.96 bits per heavy atom. The molecule has 0 spiro atoms. The van der Waals surface area contributed by atoms with Gasteiger partial charge in [-0.2, -0.15) is 0 Å². The third-order valence-corrected chi connectivity index (χ3v) is 6.04. The quantitative estimate of drug-likeness (QED) is 0.534. The second-order valence-electron chi connectivity index (χ2n) is 6.80. The molecule has 146 valence electrons. The summed E-state index contributed by atoms with van der Waals surface area (Å²) in [6.07, 6.45) is 6.31. The van der Waals surface area contributed by atoms with Crippen molar-refractivity contribution in [2.24, 2.45) is 0 Å². The fraction of sp³-hybridized carbons (Fsp3) is 0.429. The van der Waals surface area contributed by atoms with Crippen LogP contribution in [-0.4, -0.2) is 13.2 Å². The monoisotopic (exact) mass is 455 g/mol. The lowest BCUT2D eigenvalue weighted by Crippen LogP contribution is -2.30. The Kier molecular flexibility index (Phi) is 7.39. The van der Waals surface area contributed by atoms with Crippen LogP contribution in [0.25, 0.3) is 0 Å². The lowest BCUT2D eigenvalue weighted by atomic mass is 9.95. The van der Waals surface area contributed by atoms with E-state index in [1.807, 2.05) is 12.1 Å². The second kappa shape index (κ2) is 9.76. The first-order chi connectivity index (χ1) is 13.1. The molecule has 2 aromatic rings. The van der Waals surface area contributed by atoms with E-state index in [0.717, 1.165) is 15.6 Å². The molecular weight excluding hydrogens is 433 g/mol. The van der Waals surface area contributed by atoms with E-state index in [1.165, 1.54) is 44.2 Å². The van der Waals surface area contributed by atoms with E-state index in [2.05, 4.69) is 21.2 Å². The molecule has 1 saturated carbocycles. The van der Waals surface area contributed by atoms with Crippen molar-refractivity contribution in [3.05, 3.63) is 56.8 Å². The minimum Gasteiger partial charge on any atom is -0.493 e. The Bertz CT molecular complexity index is 781. The third kappa shape index (κ3) is 5.37. The van der Waals surface area contributed by atoms with Gasteiger partial charge in [-0.05, 0) is 37.1 Å². The molecule has 0 atom stereocenters. The lowest BCUT2D eigenvalue weighted by Gasteiger charge is -2.24. The highest BCUT2D eigenvalue weighted by Crippen LogP contribution is 2.37. The number of ether oxygens (including phenoxy) is 2. The zero-order valence-electron chi connectivity index (χ0n) is 15.4. The molecule has 3 rings (SSSR count). The number of hydrogen-bond acceptors (Lipinski definition) is 3. The van der Waals surface area contributed by atoms with E-state index in [-0.39, 0.29) is 12.4 Å². The summed E-state index contributed by atoms with van der Waals surface area (Å²) in [7, 11) is 1.62. The van der Waals surface area contributed by atoms with Crippen LogP contribution < -0.4 is 14.8 Å². The summed E-state index contributed by atoms with van der Waals surface area (Å²) < 4.78 is 25.8. The maximum atomic E-state index is 13.3. The largest absolute Gasteiger partial charge is 0.493 e. The molecule has 6 heteroatoms. The van der Waals surface area contributed by atoms with E-state index < -0.39 is 0 Å². The normalized spacial score (nSPS) is 15.0. The number of benzene rings is 2. The van der Waals surface area contributed by atoms with Crippen LogP contribution in [0.3, 0.4) is 0 Å². The van der Waals surface area contributed by atoms with E-state index in [0.29, 0.717) is 29.1 Å². The van der Waals surface area contributed by atoms with Crippen LogP contribution in [0.4, 0.5) is 4.39 Å². The summed E-state index contributed by atoms with van der Waals surface area (Å²) in [5.41, 5.74) is 1.74. The van der Waals surface area contributed by atoms with Gasteiger partial charge in [0.2, 0.25) is 0 Å². The van der Waals surface area contributed by atoms with Gasteiger partial charge in [0, 0.05) is 28.2 Å². The van der Waals surface area contributed by atoms with Crippen LogP contribution >= 0.6 is 27.5 Å². The summed E-state index contributed by atoms with van der Waals surface area (Å²) in [5.74, 6) is 0.980. The van der Waals surface area contributed by atoms with Crippen molar-refractivity contribution in [3.8, 4) is 11.5 Å². The van der Waals surface area contributed by atoms with Gasteiger partial charge in [-0.25, -0.2) is 4.39 Å². The second-order valence-corrected chi connectivity index (χ2v) is 8.06. The minimum atomic E-state index is -0.360. The molecular formula is C21H24BrClFNO2. The SMILES string of the molecule is COc1ccc(Br)c(CNC2CCCCC2)c1OCc1ccc(F)cc1Cl. The highest BCUT2D eigenvalue weighted by molar-refractivity contribution is 9.10. The molecule has 1 N–H and O–H groups in total. The molecule has 0 unspecified atom stereocenters. The van der Waals surface area contributed by atoms with Crippen molar-refractivity contribution in [3.63, 3.8) is 0 Å².